The molecule has 140 valence electrons. The van der Waals surface area contributed by atoms with Crippen LogP contribution >= 0.6 is 0 Å². The van der Waals surface area contributed by atoms with Gasteiger partial charge in [-0.05, 0) is 13.3 Å². The average molecular weight is 342 g/mol. The highest BCUT2D eigenvalue weighted by molar-refractivity contribution is 4.84. The molecule has 1 aliphatic rings. The maximum atomic E-state index is 9.30. The number of aliphatic hydroxyl groups excluding tert-OH is 8. The van der Waals surface area contributed by atoms with Crippen LogP contribution < -0.4 is 0 Å². The fraction of sp³-hybridized carbons (Fsp3) is 1.00. The smallest absolute Gasteiger partial charge is 0.160 e. The van der Waals surface area contributed by atoms with Gasteiger partial charge in [0, 0.05) is 5.92 Å². The number of hydrogen-bond acceptors (Lipinski definition) is 9. The Balaban J connectivity index is 0.000000422. The van der Waals surface area contributed by atoms with Crippen molar-refractivity contribution >= 4 is 0 Å². The van der Waals surface area contributed by atoms with Gasteiger partial charge in [-0.15, -0.1) is 0 Å². The van der Waals surface area contributed by atoms with Crippen molar-refractivity contribution in [2.75, 3.05) is 6.61 Å². The second-order valence-corrected chi connectivity index (χ2v) is 5.78. The number of rotatable bonds is 5. The maximum absolute atomic E-state index is 9.30. The van der Waals surface area contributed by atoms with Gasteiger partial charge in [-0.25, -0.2) is 0 Å². The molecule has 9 heteroatoms. The summed E-state index contributed by atoms with van der Waals surface area (Å²) >= 11 is 0. The molecule has 23 heavy (non-hydrogen) atoms. The summed E-state index contributed by atoms with van der Waals surface area (Å²) in [5.74, 6) is -0.429. The lowest BCUT2D eigenvalue weighted by Gasteiger charge is -2.37. The first-order valence-electron chi connectivity index (χ1n) is 7.61. The fourth-order valence-electron chi connectivity index (χ4n) is 1.99. The van der Waals surface area contributed by atoms with Crippen molar-refractivity contribution < 1.29 is 45.6 Å². The number of aliphatic hydroxyl groups is 8. The molecule has 0 aromatic rings. The van der Waals surface area contributed by atoms with Gasteiger partial charge in [-0.2, -0.15) is 0 Å². The minimum Gasteiger partial charge on any atom is -0.394 e. The zero-order valence-corrected chi connectivity index (χ0v) is 13.6. The van der Waals surface area contributed by atoms with Crippen LogP contribution in [0.3, 0.4) is 0 Å². The van der Waals surface area contributed by atoms with E-state index in [4.69, 9.17) is 35.4 Å². The van der Waals surface area contributed by atoms with Gasteiger partial charge in [-0.3, -0.25) is 0 Å². The van der Waals surface area contributed by atoms with E-state index >= 15 is 0 Å². The zero-order chi connectivity index (χ0) is 18.3. The molecule has 1 fully saturated rings. The molecule has 1 heterocycles. The summed E-state index contributed by atoms with van der Waals surface area (Å²) in [6.45, 7) is 4.23. The van der Waals surface area contributed by atoms with Crippen LogP contribution in [-0.4, -0.2) is 96.5 Å². The molecule has 1 saturated heterocycles. The molecule has 8 N–H and O–H groups in total. The van der Waals surface area contributed by atoms with E-state index in [0.29, 0.717) is 0 Å². The van der Waals surface area contributed by atoms with E-state index in [-0.39, 0.29) is 6.42 Å². The van der Waals surface area contributed by atoms with Crippen LogP contribution in [0.4, 0.5) is 0 Å². The van der Waals surface area contributed by atoms with Gasteiger partial charge < -0.3 is 45.6 Å². The van der Waals surface area contributed by atoms with Crippen molar-refractivity contribution in [2.45, 2.75) is 76.2 Å². The van der Waals surface area contributed by atoms with E-state index in [0.717, 1.165) is 0 Å². The predicted molar refractivity (Wildman–Crippen MR) is 79.1 cm³/mol. The molecule has 0 radical (unpaired) electrons. The molecule has 1 aliphatic heterocycles. The highest BCUT2D eigenvalue weighted by Crippen LogP contribution is 2.23. The SMILES string of the molecule is CCC(O)C(O)C(O)C(O)CO.C[C@H]1OC(O)[C@H](C)[C@@H](O)[C@@H]1O. The molecule has 0 bridgehead atoms. The van der Waals surface area contributed by atoms with Gasteiger partial charge in [0.05, 0.1) is 24.9 Å². The van der Waals surface area contributed by atoms with Gasteiger partial charge in [0.2, 0.25) is 0 Å². The van der Waals surface area contributed by atoms with E-state index in [1.807, 2.05) is 0 Å². The second kappa shape index (κ2) is 10.5. The Morgan fingerprint density at radius 3 is 1.78 bits per heavy atom. The standard InChI is InChI=1S/C7H16O5.C7H14O4/c1-2-4(9)6(11)7(12)5(10)3-8;1-3-5(8)6(9)4(2)11-7(3)10/h4-12H,2-3H2,1H3;3-10H,1-2H3/t;3-,4-,5-,6-,7?/m.1/s1. The van der Waals surface area contributed by atoms with Crippen molar-refractivity contribution in [1.82, 2.24) is 0 Å². The molecule has 0 amide bonds. The molecule has 0 spiro atoms. The molecule has 0 aromatic heterocycles. The summed E-state index contributed by atoms with van der Waals surface area (Å²) in [5, 5.41) is 72.2. The van der Waals surface area contributed by atoms with E-state index < -0.39 is 61.5 Å². The Labute approximate surface area is 135 Å². The van der Waals surface area contributed by atoms with Crippen LogP contribution in [0.15, 0.2) is 0 Å². The van der Waals surface area contributed by atoms with Crippen LogP contribution in [0.5, 0.6) is 0 Å². The molecule has 1 rings (SSSR count). The highest BCUT2D eigenvalue weighted by Gasteiger charge is 2.39. The maximum Gasteiger partial charge on any atom is 0.160 e. The Kier molecular flexibility index (Phi) is 10.3. The monoisotopic (exact) mass is 342 g/mol. The van der Waals surface area contributed by atoms with Crippen molar-refractivity contribution in [3.05, 3.63) is 0 Å². The second-order valence-electron chi connectivity index (χ2n) is 5.78. The Morgan fingerprint density at radius 2 is 1.35 bits per heavy atom. The summed E-state index contributed by atoms with van der Waals surface area (Å²) in [6.07, 6.45) is -8.41. The molecule has 0 aliphatic carbocycles. The van der Waals surface area contributed by atoms with Gasteiger partial charge in [0.1, 0.15) is 24.4 Å². The van der Waals surface area contributed by atoms with Gasteiger partial charge in [0.25, 0.3) is 0 Å². The minimum atomic E-state index is -1.51. The summed E-state index contributed by atoms with van der Waals surface area (Å²) < 4.78 is 4.93. The van der Waals surface area contributed by atoms with Crippen molar-refractivity contribution in [2.24, 2.45) is 5.92 Å². The Bertz CT molecular complexity index is 289. The molecule has 9 nitrogen and oxygen atoms in total. The summed E-state index contributed by atoms with van der Waals surface area (Å²) in [4.78, 5) is 0. The number of hydrogen-bond donors (Lipinski definition) is 8. The highest BCUT2D eigenvalue weighted by atomic mass is 16.6. The zero-order valence-electron chi connectivity index (χ0n) is 13.6. The van der Waals surface area contributed by atoms with E-state index in [2.05, 4.69) is 0 Å². The normalized spacial score (nSPS) is 36.4. The van der Waals surface area contributed by atoms with E-state index in [1.165, 1.54) is 0 Å². The lowest BCUT2D eigenvalue weighted by atomic mass is 9.93. The van der Waals surface area contributed by atoms with Gasteiger partial charge >= 0.3 is 0 Å². The van der Waals surface area contributed by atoms with Crippen molar-refractivity contribution in [1.29, 1.82) is 0 Å². The third-order valence-electron chi connectivity index (χ3n) is 3.92. The molecular weight excluding hydrogens is 312 g/mol. The minimum absolute atomic E-state index is 0.274. The first-order valence-corrected chi connectivity index (χ1v) is 7.61. The van der Waals surface area contributed by atoms with Crippen LogP contribution in [-0.2, 0) is 4.74 Å². The Hall–Kier alpha value is -0.360. The Morgan fingerprint density at radius 1 is 0.870 bits per heavy atom. The third kappa shape index (κ3) is 6.57. The third-order valence-corrected chi connectivity index (χ3v) is 3.92. The quantitative estimate of drug-likeness (QED) is 0.258. The summed E-state index contributed by atoms with van der Waals surface area (Å²) in [5.41, 5.74) is 0. The molecular formula is C14H30O9. The van der Waals surface area contributed by atoms with E-state index in [1.54, 1.807) is 20.8 Å². The summed E-state index contributed by atoms with van der Waals surface area (Å²) in [7, 11) is 0. The van der Waals surface area contributed by atoms with Crippen LogP contribution in [0.1, 0.15) is 27.2 Å². The first kappa shape index (κ1) is 22.6. The summed E-state index contributed by atoms with van der Waals surface area (Å²) in [6, 6.07) is 0. The lowest BCUT2D eigenvalue weighted by Crippen LogP contribution is -2.52. The predicted octanol–water partition coefficient (Wildman–Crippen LogP) is -3.09. The molecule has 0 saturated carbocycles. The molecule has 5 unspecified atom stereocenters. The van der Waals surface area contributed by atoms with Crippen LogP contribution in [0, 0.1) is 5.92 Å². The first-order chi connectivity index (χ1) is 10.6. The van der Waals surface area contributed by atoms with Gasteiger partial charge in [0.15, 0.2) is 6.29 Å². The van der Waals surface area contributed by atoms with Crippen LogP contribution in [0.25, 0.3) is 0 Å². The van der Waals surface area contributed by atoms with Crippen molar-refractivity contribution in [3.8, 4) is 0 Å². The molecule has 9 atom stereocenters. The van der Waals surface area contributed by atoms with Crippen molar-refractivity contribution in [3.63, 3.8) is 0 Å². The molecule has 0 aromatic carbocycles. The lowest BCUT2D eigenvalue weighted by molar-refractivity contribution is -0.255. The topological polar surface area (TPSA) is 171 Å². The fourth-order valence-corrected chi connectivity index (χ4v) is 1.99. The number of ether oxygens (including phenoxy) is 1. The average Bonchev–Trinajstić information content (AvgIpc) is 2.55. The van der Waals surface area contributed by atoms with Gasteiger partial charge in [-0.1, -0.05) is 13.8 Å². The largest absolute Gasteiger partial charge is 0.394 e. The van der Waals surface area contributed by atoms with E-state index in [9.17, 15) is 10.2 Å². The van der Waals surface area contributed by atoms with Crippen LogP contribution in [0.2, 0.25) is 0 Å².